The molecular formula is C12H10Cl2N2OS. The Bertz CT molecular complexity index is 590. The lowest BCUT2D eigenvalue weighted by Gasteiger charge is -2.04. The fraction of sp³-hybridized carbons (Fsp3) is 0.167. The topological polar surface area (TPSA) is 42.0 Å². The van der Waals surface area contributed by atoms with Crippen molar-refractivity contribution in [2.45, 2.75) is 13.8 Å². The average Bonchev–Trinajstić information content (AvgIpc) is 2.58. The normalized spacial score (nSPS) is 10.4. The molecule has 3 nitrogen and oxygen atoms in total. The van der Waals surface area contributed by atoms with Gasteiger partial charge in [0.15, 0.2) is 5.13 Å². The van der Waals surface area contributed by atoms with Gasteiger partial charge in [-0.25, -0.2) is 4.98 Å². The summed E-state index contributed by atoms with van der Waals surface area (Å²) in [6.07, 6.45) is 0. The van der Waals surface area contributed by atoms with E-state index in [1.165, 1.54) is 18.3 Å². The van der Waals surface area contributed by atoms with Crippen molar-refractivity contribution in [3.05, 3.63) is 33.9 Å². The van der Waals surface area contributed by atoms with Crippen LogP contribution in [0.25, 0.3) is 10.4 Å². The van der Waals surface area contributed by atoms with E-state index < -0.39 is 0 Å². The van der Waals surface area contributed by atoms with Crippen LogP contribution in [-0.2, 0) is 4.79 Å². The van der Waals surface area contributed by atoms with Crippen molar-refractivity contribution in [1.82, 2.24) is 4.98 Å². The van der Waals surface area contributed by atoms with E-state index in [9.17, 15) is 4.79 Å². The molecule has 0 aliphatic rings. The zero-order valence-electron chi connectivity index (χ0n) is 9.75. The van der Waals surface area contributed by atoms with Gasteiger partial charge in [0.05, 0.1) is 20.6 Å². The Morgan fingerprint density at radius 2 is 1.94 bits per heavy atom. The average molecular weight is 301 g/mol. The molecule has 0 aliphatic carbocycles. The highest BCUT2D eigenvalue weighted by atomic mass is 35.5. The Balaban J connectivity index is 2.51. The quantitative estimate of drug-likeness (QED) is 0.894. The number of hydrogen-bond donors (Lipinski definition) is 1. The molecule has 0 radical (unpaired) electrons. The lowest BCUT2D eigenvalue weighted by molar-refractivity contribution is -0.114. The van der Waals surface area contributed by atoms with E-state index in [0.29, 0.717) is 15.2 Å². The smallest absolute Gasteiger partial charge is 0.223 e. The van der Waals surface area contributed by atoms with Gasteiger partial charge in [0, 0.05) is 12.5 Å². The van der Waals surface area contributed by atoms with E-state index in [2.05, 4.69) is 10.3 Å². The Morgan fingerprint density at radius 3 is 2.50 bits per heavy atom. The minimum atomic E-state index is -0.152. The molecule has 18 heavy (non-hydrogen) atoms. The molecule has 1 amide bonds. The van der Waals surface area contributed by atoms with Crippen LogP contribution < -0.4 is 5.32 Å². The number of carbonyl (C=O) groups is 1. The van der Waals surface area contributed by atoms with E-state index in [1.54, 1.807) is 18.2 Å². The molecule has 6 heteroatoms. The highest BCUT2D eigenvalue weighted by Crippen LogP contribution is 2.40. The molecular weight excluding hydrogens is 291 g/mol. The first-order valence-corrected chi connectivity index (χ1v) is 6.75. The lowest BCUT2D eigenvalue weighted by atomic mass is 10.1. The van der Waals surface area contributed by atoms with Gasteiger partial charge in [-0.05, 0) is 19.1 Å². The number of thiazole rings is 1. The first-order chi connectivity index (χ1) is 8.49. The van der Waals surface area contributed by atoms with Gasteiger partial charge < -0.3 is 5.32 Å². The molecule has 2 aromatic rings. The highest BCUT2D eigenvalue weighted by molar-refractivity contribution is 7.19. The van der Waals surface area contributed by atoms with Gasteiger partial charge in [0.25, 0.3) is 0 Å². The van der Waals surface area contributed by atoms with E-state index >= 15 is 0 Å². The summed E-state index contributed by atoms with van der Waals surface area (Å²) in [4.78, 5) is 16.2. The van der Waals surface area contributed by atoms with Crippen LogP contribution in [0.4, 0.5) is 5.13 Å². The molecule has 0 unspecified atom stereocenters. The fourth-order valence-corrected chi connectivity index (χ4v) is 3.33. The fourth-order valence-electron chi connectivity index (χ4n) is 1.55. The van der Waals surface area contributed by atoms with Crippen molar-refractivity contribution < 1.29 is 4.79 Å². The number of benzene rings is 1. The van der Waals surface area contributed by atoms with Crippen LogP contribution in [0.1, 0.15) is 12.6 Å². The van der Waals surface area contributed by atoms with Crippen molar-refractivity contribution in [3.8, 4) is 10.4 Å². The van der Waals surface area contributed by atoms with Crippen LogP contribution in [0, 0.1) is 6.92 Å². The second kappa shape index (κ2) is 5.26. The molecule has 0 spiro atoms. The van der Waals surface area contributed by atoms with Crippen LogP contribution in [0.15, 0.2) is 18.2 Å². The molecule has 0 saturated heterocycles. The Labute approximate surface area is 119 Å². The largest absolute Gasteiger partial charge is 0.302 e. The lowest BCUT2D eigenvalue weighted by Crippen LogP contribution is -2.04. The minimum Gasteiger partial charge on any atom is -0.302 e. The molecule has 1 aromatic carbocycles. The molecule has 1 heterocycles. The Hall–Kier alpha value is -1.10. The number of hydrogen-bond acceptors (Lipinski definition) is 3. The third kappa shape index (κ3) is 2.66. The number of nitrogens with one attached hydrogen (secondary N) is 1. The number of aryl methyl sites for hydroxylation is 1. The van der Waals surface area contributed by atoms with Gasteiger partial charge in [-0.15, -0.1) is 0 Å². The number of anilines is 1. The summed E-state index contributed by atoms with van der Waals surface area (Å²) in [7, 11) is 0. The first kappa shape index (κ1) is 13.3. The van der Waals surface area contributed by atoms with Gasteiger partial charge in [-0.1, -0.05) is 40.6 Å². The summed E-state index contributed by atoms with van der Waals surface area (Å²) in [5.74, 6) is -0.152. The predicted molar refractivity (Wildman–Crippen MR) is 76.6 cm³/mol. The molecule has 0 saturated carbocycles. The first-order valence-electron chi connectivity index (χ1n) is 5.18. The van der Waals surface area contributed by atoms with Gasteiger partial charge in [-0.3, -0.25) is 4.79 Å². The molecule has 94 valence electrons. The number of amides is 1. The van der Waals surface area contributed by atoms with Crippen LogP contribution in [0.5, 0.6) is 0 Å². The maximum absolute atomic E-state index is 11.0. The summed E-state index contributed by atoms with van der Waals surface area (Å²) < 4.78 is 0. The van der Waals surface area contributed by atoms with Gasteiger partial charge >= 0.3 is 0 Å². The maximum Gasteiger partial charge on any atom is 0.223 e. The number of rotatable bonds is 2. The summed E-state index contributed by atoms with van der Waals surface area (Å²) in [5, 5.41) is 4.35. The summed E-state index contributed by atoms with van der Waals surface area (Å²) in [5.41, 5.74) is 1.55. The van der Waals surface area contributed by atoms with Gasteiger partial charge in [-0.2, -0.15) is 0 Å². The molecule has 1 aromatic heterocycles. The van der Waals surface area contributed by atoms with Crippen molar-refractivity contribution in [2.24, 2.45) is 0 Å². The van der Waals surface area contributed by atoms with Crippen LogP contribution in [0.3, 0.4) is 0 Å². The molecule has 1 N–H and O–H groups in total. The molecule has 0 aliphatic heterocycles. The zero-order chi connectivity index (χ0) is 13.3. The van der Waals surface area contributed by atoms with E-state index in [-0.39, 0.29) is 5.91 Å². The minimum absolute atomic E-state index is 0.152. The second-order valence-electron chi connectivity index (χ2n) is 3.71. The Kier molecular flexibility index (Phi) is 3.90. The number of aromatic nitrogens is 1. The van der Waals surface area contributed by atoms with Gasteiger partial charge in [0.1, 0.15) is 0 Å². The standard InChI is InChI=1S/C12H10Cl2N2OS/c1-6-11(18-12(15-6)16-7(2)17)10-8(13)4-3-5-9(10)14/h3-5H,1-2H3,(H,15,16,17). The summed E-state index contributed by atoms with van der Waals surface area (Å²) in [6.45, 7) is 3.30. The number of nitrogens with zero attached hydrogens (tertiary/aromatic N) is 1. The third-order valence-corrected chi connectivity index (χ3v) is 3.99. The monoisotopic (exact) mass is 300 g/mol. The predicted octanol–water partition coefficient (Wildman–Crippen LogP) is 4.38. The van der Waals surface area contributed by atoms with E-state index in [1.807, 2.05) is 6.92 Å². The molecule has 0 fully saturated rings. The molecule has 2 rings (SSSR count). The third-order valence-electron chi connectivity index (χ3n) is 2.27. The highest BCUT2D eigenvalue weighted by Gasteiger charge is 2.15. The summed E-state index contributed by atoms with van der Waals surface area (Å²) >= 11 is 13.7. The zero-order valence-corrected chi connectivity index (χ0v) is 12.1. The van der Waals surface area contributed by atoms with Crippen molar-refractivity contribution in [1.29, 1.82) is 0 Å². The van der Waals surface area contributed by atoms with Crippen LogP contribution >= 0.6 is 34.5 Å². The van der Waals surface area contributed by atoms with Crippen molar-refractivity contribution >= 4 is 45.6 Å². The van der Waals surface area contributed by atoms with E-state index in [0.717, 1.165) is 16.1 Å². The number of carbonyl (C=O) groups excluding carboxylic acids is 1. The van der Waals surface area contributed by atoms with E-state index in [4.69, 9.17) is 23.2 Å². The SMILES string of the molecule is CC(=O)Nc1nc(C)c(-c2c(Cl)cccc2Cl)s1. The molecule has 0 bridgehead atoms. The van der Waals surface area contributed by atoms with Crippen LogP contribution in [-0.4, -0.2) is 10.9 Å². The summed E-state index contributed by atoms with van der Waals surface area (Å²) in [6, 6.07) is 5.35. The van der Waals surface area contributed by atoms with Crippen LogP contribution in [0.2, 0.25) is 10.0 Å². The second-order valence-corrected chi connectivity index (χ2v) is 5.52. The van der Waals surface area contributed by atoms with Crippen molar-refractivity contribution in [3.63, 3.8) is 0 Å². The Morgan fingerprint density at radius 1 is 1.33 bits per heavy atom. The van der Waals surface area contributed by atoms with Crippen molar-refractivity contribution in [2.75, 3.05) is 5.32 Å². The molecule has 0 atom stereocenters. The maximum atomic E-state index is 11.0. The van der Waals surface area contributed by atoms with Gasteiger partial charge in [0.2, 0.25) is 5.91 Å². The number of halogens is 2.